The number of nitrogens with zero attached hydrogens (tertiary/aromatic N) is 1. The summed E-state index contributed by atoms with van der Waals surface area (Å²) in [6.07, 6.45) is 0.954. The summed E-state index contributed by atoms with van der Waals surface area (Å²) in [5.41, 5.74) is 2.10. The molecule has 0 aliphatic carbocycles. The van der Waals surface area contributed by atoms with Gasteiger partial charge in [-0.2, -0.15) is 0 Å². The van der Waals surface area contributed by atoms with Crippen LogP contribution in [-0.4, -0.2) is 52.5 Å². The lowest BCUT2D eigenvalue weighted by Crippen LogP contribution is -2.39. The minimum atomic E-state index is -3.34. The van der Waals surface area contributed by atoms with Gasteiger partial charge in [-0.1, -0.05) is 30.3 Å². The van der Waals surface area contributed by atoms with Crippen molar-refractivity contribution in [3.63, 3.8) is 0 Å². The molecule has 9 heteroatoms. The van der Waals surface area contributed by atoms with Crippen molar-refractivity contribution in [2.75, 3.05) is 32.1 Å². The van der Waals surface area contributed by atoms with Gasteiger partial charge in [0.1, 0.15) is 11.9 Å². The molecule has 7 nitrogen and oxygen atoms in total. The highest BCUT2D eigenvalue weighted by molar-refractivity contribution is 14.0. The number of benzene rings is 2. The highest BCUT2D eigenvalue weighted by Gasteiger charge is 2.19. The molecule has 1 unspecified atom stereocenters. The Morgan fingerprint density at radius 3 is 2.66 bits per heavy atom. The van der Waals surface area contributed by atoms with Crippen molar-refractivity contribution in [1.29, 1.82) is 0 Å². The van der Waals surface area contributed by atoms with Gasteiger partial charge in [0.15, 0.2) is 15.8 Å². The van der Waals surface area contributed by atoms with Crippen molar-refractivity contribution < 1.29 is 17.9 Å². The number of guanidine groups is 1. The monoisotopic (exact) mass is 573 g/mol. The van der Waals surface area contributed by atoms with Gasteiger partial charge in [0.25, 0.3) is 0 Å². The van der Waals surface area contributed by atoms with Crippen molar-refractivity contribution in [2.24, 2.45) is 4.99 Å². The number of nitrogens with one attached hydrogen (secondary N) is 2. The summed E-state index contributed by atoms with van der Waals surface area (Å²) in [7, 11) is -3.34. The van der Waals surface area contributed by atoms with Gasteiger partial charge < -0.3 is 20.1 Å². The molecular weight excluding hydrogens is 541 g/mol. The van der Waals surface area contributed by atoms with Crippen LogP contribution in [0.4, 0.5) is 0 Å². The maximum Gasteiger partial charge on any atom is 0.191 e. The molecule has 1 atom stereocenters. The summed E-state index contributed by atoms with van der Waals surface area (Å²) in [5.74, 6) is 1.38. The number of hydrogen-bond acceptors (Lipinski definition) is 5. The molecule has 0 bridgehead atoms. The summed E-state index contributed by atoms with van der Waals surface area (Å²) in [4.78, 5) is 4.96. The number of sulfone groups is 1. The van der Waals surface area contributed by atoms with Crippen LogP contribution in [0.3, 0.4) is 0 Å². The number of rotatable bonds is 9. The van der Waals surface area contributed by atoms with Gasteiger partial charge in [-0.15, -0.1) is 24.0 Å². The largest absolute Gasteiger partial charge is 0.488 e. The molecule has 1 fully saturated rings. The van der Waals surface area contributed by atoms with Crippen LogP contribution in [0.1, 0.15) is 24.5 Å². The van der Waals surface area contributed by atoms with Crippen LogP contribution in [0, 0.1) is 6.92 Å². The first-order chi connectivity index (χ1) is 15.0. The molecule has 1 saturated heterocycles. The minimum Gasteiger partial charge on any atom is -0.488 e. The minimum absolute atomic E-state index is 0. The van der Waals surface area contributed by atoms with Gasteiger partial charge in [0.05, 0.1) is 30.4 Å². The van der Waals surface area contributed by atoms with E-state index in [0.29, 0.717) is 30.6 Å². The van der Waals surface area contributed by atoms with Crippen LogP contribution < -0.4 is 15.4 Å². The molecule has 32 heavy (non-hydrogen) atoms. The molecule has 0 saturated carbocycles. The number of ether oxygens (including phenoxy) is 2. The van der Waals surface area contributed by atoms with Gasteiger partial charge >= 0.3 is 0 Å². The second-order valence-electron chi connectivity index (χ2n) is 7.47. The Kier molecular flexibility index (Phi) is 10.7. The third-order valence-corrected chi connectivity index (χ3v) is 6.65. The molecule has 2 N–H and O–H groups in total. The van der Waals surface area contributed by atoms with Crippen molar-refractivity contribution >= 4 is 39.8 Å². The lowest BCUT2D eigenvalue weighted by molar-refractivity contribution is 0.140. The van der Waals surface area contributed by atoms with E-state index in [1.165, 1.54) is 0 Å². The van der Waals surface area contributed by atoms with Crippen LogP contribution in [0.5, 0.6) is 5.75 Å². The molecule has 2 aromatic rings. The van der Waals surface area contributed by atoms with E-state index >= 15 is 0 Å². The quantitative estimate of drug-likeness (QED) is 0.272. The summed E-state index contributed by atoms with van der Waals surface area (Å²) in [5, 5.41) is 6.29. The molecule has 0 spiro atoms. The summed E-state index contributed by atoms with van der Waals surface area (Å²) in [6, 6.07) is 14.6. The van der Waals surface area contributed by atoms with Crippen LogP contribution >= 0.6 is 24.0 Å². The maximum atomic E-state index is 12.5. The molecule has 0 aromatic heterocycles. The first kappa shape index (κ1) is 26.4. The Morgan fingerprint density at radius 2 is 1.97 bits per heavy atom. The zero-order valence-electron chi connectivity index (χ0n) is 18.5. The summed E-state index contributed by atoms with van der Waals surface area (Å²) >= 11 is 0. The Morgan fingerprint density at radius 1 is 1.19 bits per heavy atom. The normalized spacial score (nSPS) is 16.3. The molecule has 0 radical (unpaired) electrons. The molecule has 2 aromatic carbocycles. The fraction of sp³-hybridized carbons (Fsp3) is 0.435. The van der Waals surface area contributed by atoms with Gasteiger partial charge in [0.2, 0.25) is 0 Å². The predicted octanol–water partition coefficient (Wildman–Crippen LogP) is 3.31. The molecule has 176 valence electrons. The van der Waals surface area contributed by atoms with Crippen LogP contribution in [0.2, 0.25) is 0 Å². The third kappa shape index (κ3) is 7.93. The molecular formula is C23H32IN3O4S. The first-order valence-electron chi connectivity index (χ1n) is 10.6. The number of aliphatic imine (C=N–C) groups is 1. The SMILES string of the molecule is CCNC(=NCc1ccc(C)cc1OC1CCOC1)NCCS(=O)(=O)c1ccccc1.I. The lowest BCUT2D eigenvalue weighted by Gasteiger charge is -2.16. The van der Waals surface area contributed by atoms with Crippen molar-refractivity contribution in [3.05, 3.63) is 59.7 Å². The van der Waals surface area contributed by atoms with E-state index in [9.17, 15) is 8.42 Å². The standard InChI is InChI=1S/C23H31N3O4S.HI/c1-3-24-23(25-12-14-31(27,28)21-7-5-4-6-8-21)26-16-19-10-9-18(2)15-22(19)30-20-11-13-29-17-20;/h4-10,15,20H,3,11-14,16-17H2,1-2H3,(H2,24,25,26);1H. The van der Waals surface area contributed by atoms with Crippen molar-refractivity contribution in [2.45, 2.75) is 37.8 Å². The lowest BCUT2D eigenvalue weighted by atomic mass is 10.1. The Balaban J connectivity index is 0.00000363. The van der Waals surface area contributed by atoms with E-state index in [1.54, 1.807) is 30.3 Å². The van der Waals surface area contributed by atoms with E-state index < -0.39 is 9.84 Å². The zero-order chi connectivity index (χ0) is 22.1. The van der Waals surface area contributed by atoms with Crippen LogP contribution in [-0.2, 0) is 21.1 Å². The topological polar surface area (TPSA) is 89.0 Å². The summed E-state index contributed by atoms with van der Waals surface area (Å²) in [6.45, 7) is 6.70. The first-order valence-corrected chi connectivity index (χ1v) is 12.3. The smallest absolute Gasteiger partial charge is 0.191 e. The Labute approximate surface area is 207 Å². The predicted molar refractivity (Wildman–Crippen MR) is 138 cm³/mol. The zero-order valence-corrected chi connectivity index (χ0v) is 21.7. The van der Waals surface area contributed by atoms with Crippen molar-refractivity contribution in [3.8, 4) is 5.75 Å². The number of halogens is 1. The Hall–Kier alpha value is -1.85. The van der Waals surface area contributed by atoms with E-state index in [2.05, 4.69) is 15.6 Å². The van der Waals surface area contributed by atoms with E-state index in [0.717, 1.165) is 29.9 Å². The average Bonchev–Trinajstić information content (AvgIpc) is 3.27. The fourth-order valence-corrected chi connectivity index (χ4v) is 4.42. The van der Waals surface area contributed by atoms with Crippen molar-refractivity contribution in [1.82, 2.24) is 10.6 Å². The van der Waals surface area contributed by atoms with E-state index in [4.69, 9.17) is 9.47 Å². The van der Waals surface area contributed by atoms with Crippen LogP contribution in [0.25, 0.3) is 0 Å². The van der Waals surface area contributed by atoms with Gasteiger partial charge in [-0.05, 0) is 37.6 Å². The third-order valence-electron chi connectivity index (χ3n) is 4.92. The van der Waals surface area contributed by atoms with Crippen LogP contribution in [0.15, 0.2) is 58.4 Å². The highest BCUT2D eigenvalue weighted by Crippen LogP contribution is 2.24. The van der Waals surface area contributed by atoms with Gasteiger partial charge in [-0.3, -0.25) is 0 Å². The molecule has 0 amide bonds. The molecule has 1 heterocycles. The highest BCUT2D eigenvalue weighted by atomic mass is 127. The van der Waals surface area contributed by atoms with Gasteiger partial charge in [0, 0.05) is 25.1 Å². The fourth-order valence-electron chi connectivity index (χ4n) is 3.24. The van der Waals surface area contributed by atoms with E-state index in [-0.39, 0.29) is 42.4 Å². The number of hydrogen-bond donors (Lipinski definition) is 2. The number of aryl methyl sites for hydroxylation is 1. The molecule has 3 rings (SSSR count). The van der Waals surface area contributed by atoms with Gasteiger partial charge in [-0.25, -0.2) is 13.4 Å². The molecule has 1 aliphatic heterocycles. The average molecular weight is 573 g/mol. The second kappa shape index (κ2) is 13.0. The summed E-state index contributed by atoms with van der Waals surface area (Å²) < 4.78 is 36.5. The maximum absolute atomic E-state index is 12.5. The second-order valence-corrected chi connectivity index (χ2v) is 9.58. The van der Waals surface area contributed by atoms with E-state index in [1.807, 2.05) is 32.0 Å². The Bertz CT molecular complexity index is 978. The molecule has 1 aliphatic rings.